The first-order chi connectivity index (χ1) is 6.99. The quantitative estimate of drug-likeness (QED) is 0.684. The van der Waals surface area contributed by atoms with Crippen LogP contribution < -0.4 is 11.1 Å². The number of alkyl halides is 3. The molecule has 1 fully saturated rings. The Balaban J connectivity index is 1.97. The van der Waals surface area contributed by atoms with Crippen LogP contribution in [0.3, 0.4) is 0 Å². The molecule has 0 saturated carbocycles. The molecule has 2 unspecified atom stereocenters. The number of halogens is 3. The lowest BCUT2D eigenvalue weighted by Crippen LogP contribution is -2.36. The molecule has 0 bridgehead atoms. The van der Waals surface area contributed by atoms with Crippen LogP contribution in [0.1, 0.15) is 12.8 Å². The molecule has 0 aromatic rings. The van der Waals surface area contributed by atoms with Gasteiger partial charge in [-0.25, -0.2) is 0 Å². The Morgan fingerprint density at radius 1 is 1.33 bits per heavy atom. The summed E-state index contributed by atoms with van der Waals surface area (Å²) in [5.74, 6) is 0.232. The minimum absolute atomic E-state index is 0.0140. The van der Waals surface area contributed by atoms with Crippen LogP contribution in [-0.4, -0.2) is 38.5 Å². The van der Waals surface area contributed by atoms with Crippen LogP contribution in [0.2, 0.25) is 0 Å². The molecule has 2 atom stereocenters. The minimum Gasteiger partial charge on any atom is -0.379 e. The van der Waals surface area contributed by atoms with E-state index < -0.39 is 12.6 Å². The lowest BCUT2D eigenvalue weighted by atomic mass is 10.1. The fourth-order valence-electron chi connectivity index (χ4n) is 1.53. The Labute approximate surface area is 87.2 Å². The third-order valence-electron chi connectivity index (χ3n) is 2.47. The van der Waals surface area contributed by atoms with Crippen LogP contribution in [0, 0.1) is 5.92 Å². The Morgan fingerprint density at radius 3 is 2.60 bits per heavy atom. The Bertz CT molecular complexity index is 187. The van der Waals surface area contributed by atoms with Crippen molar-refractivity contribution in [1.29, 1.82) is 0 Å². The Kier molecular flexibility index (Phi) is 4.82. The molecule has 6 heteroatoms. The molecule has 1 heterocycles. The van der Waals surface area contributed by atoms with E-state index in [0.29, 0.717) is 26.3 Å². The van der Waals surface area contributed by atoms with Crippen molar-refractivity contribution in [2.24, 2.45) is 11.7 Å². The van der Waals surface area contributed by atoms with Gasteiger partial charge in [0.15, 0.2) is 0 Å². The largest absolute Gasteiger partial charge is 0.389 e. The normalized spacial score (nSPS) is 27.2. The molecule has 0 aliphatic carbocycles. The number of rotatable bonds is 5. The molecule has 0 amide bonds. The first-order valence-corrected chi connectivity index (χ1v) is 5.10. The average Bonchev–Trinajstić information content (AvgIpc) is 2.49. The molecule has 0 aromatic carbocycles. The zero-order chi connectivity index (χ0) is 11.3. The molecule has 1 saturated heterocycles. The highest BCUT2D eigenvalue weighted by atomic mass is 19.4. The standard InChI is InChI=1S/C9H17F3N2O/c10-9(11,12)2-1-3-14-4-7-5-15-6-8(7)13/h7-8,14H,1-6,13H2. The summed E-state index contributed by atoms with van der Waals surface area (Å²) in [6.07, 6.45) is -4.66. The summed E-state index contributed by atoms with van der Waals surface area (Å²) in [5, 5.41) is 2.97. The lowest BCUT2D eigenvalue weighted by molar-refractivity contribution is -0.135. The highest BCUT2D eigenvalue weighted by Crippen LogP contribution is 2.20. The second-order valence-corrected chi connectivity index (χ2v) is 3.88. The smallest absolute Gasteiger partial charge is 0.379 e. The van der Waals surface area contributed by atoms with Crippen molar-refractivity contribution in [1.82, 2.24) is 5.32 Å². The average molecular weight is 226 g/mol. The van der Waals surface area contributed by atoms with Crippen LogP contribution in [0.4, 0.5) is 13.2 Å². The second kappa shape index (κ2) is 5.67. The maximum atomic E-state index is 11.8. The predicted molar refractivity (Wildman–Crippen MR) is 50.4 cm³/mol. The third kappa shape index (κ3) is 5.34. The summed E-state index contributed by atoms with van der Waals surface area (Å²) in [6, 6.07) is 0.0140. The summed E-state index contributed by atoms with van der Waals surface area (Å²) in [5.41, 5.74) is 5.72. The van der Waals surface area contributed by atoms with Crippen LogP contribution in [-0.2, 0) is 4.74 Å². The topological polar surface area (TPSA) is 47.3 Å². The first kappa shape index (κ1) is 12.7. The summed E-state index contributed by atoms with van der Waals surface area (Å²) < 4.78 is 40.5. The van der Waals surface area contributed by atoms with Gasteiger partial charge < -0.3 is 15.8 Å². The van der Waals surface area contributed by atoms with Crippen molar-refractivity contribution in [3.05, 3.63) is 0 Å². The number of hydrogen-bond donors (Lipinski definition) is 2. The van der Waals surface area contributed by atoms with Gasteiger partial charge in [-0.05, 0) is 13.0 Å². The minimum atomic E-state index is -4.05. The second-order valence-electron chi connectivity index (χ2n) is 3.88. The fraction of sp³-hybridized carbons (Fsp3) is 1.00. The van der Waals surface area contributed by atoms with Gasteiger partial charge in [0.25, 0.3) is 0 Å². The summed E-state index contributed by atoms with van der Waals surface area (Å²) in [4.78, 5) is 0. The van der Waals surface area contributed by atoms with Crippen molar-refractivity contribution in [3.8, 4) is 0 Å². The molecule has 1 aliphatic rings. The van der Waals surface area contributed by atoms with Gasteiger partial charge in [0.05, 0.1) is 13.2 Å². The van der Waals surface area contributed by atoms with E-state index in [2.05, 4.69) is 5.32 Å². The van der Waals surface area contributed by atoms with Crippen molar-refractivity contribution in [2.45, 2.75) is 25.1 Å². The molecule has 3 N–H and O–H groups in total. The maximum Gasteiger partial charge on any atom is 0.389 e. The molecule has 3 nitrogen and oxygen atoms in total. The molecule has 0 radical (unpaired) electrons. The molecular weight excluding hydrogens is 209 g/mol. The van der Waals surface area contributed by atoms with Crippen LogP contribution in [0.25, 0.3) is 0 Å². The zero-order valence-corrected chi connectivity index (χ0v) is 8.52. The van der Waals surface area contributed by atoms with Crippen molar-refractivity contribution < 1.29 is 17.9 Å². The van der Waals surface area contributed by atoms with Gasteiger partial charge >= 0.3 is 6.18 Å². The van der Waals surface area contributed by atoms with Crippen molar-refractivity contribution >= 4 is 0 Å². The van der Waals surface area contributed by atoms with Gasteiger partial charge in [-0.2, -0.15) is 13.2 Å². The number of hydrogen-bond acceptors (Lipinski definition) is 3. The Hall–Kier alpha value is -0.330. The van der Waals surface area contributed by atoms with Gasteiger partial charge in [0.1, 0.15) is 0 Å². The van der Waals surface area contributed by atoms with Gasteiger partial charge in [-0.1, -0.05) is 0 Å². The van der Waals surface area contributed by atoms with E-state index >= 15 is 0 Å². The lowest BCUT2D eigenvalue weighted by Gasteiger charge is -2.14. The molecule has 1 aliphatic heterocycles. The van der Waals surface area contributed by atoms with E-state index in [1.165, 1.54) is 0 Å². The SMILES string of the molecule is NC1COCC1CNCCCC(F)(F)F. The van der Waals surface area contributed by atoms with Gasteiger partial charge in [0, 0.05) is 24.9 Å². The fourth-order valence-corrected chi connectivity index (χ4v) is 1.53. The maximum absolute atomic E-state index is 11.8. The highest BCUT2D eigenvalue weighted by molar-refractivity contribution is 4.79. The van der Waals surface area contributed by atoms with E-state index in [-0.39, 0.29) is 18.4 Å². The van der Waals surface area contributed by atoms with Crippen LogP contribution in [0.5, 0.6) is 0 Å². The predicted octanol–water partition coefficient (Wildman–Crippen LogP) is 0.892. The van der Waals surface area contributed by atoms with Crippen molar-refractivity contribution in [2.75, 3.05) is 26.3 Å². The molecule has 1 rings (SSSR count). The monoisotopic (exact) mass is 226 g/mol. The van der Waals surface area contributed by atoms with E-state index in [9.17, 15) is 13.2 Å². The van der Waals surface area contributed by atoms with Crippen LogP contribution >= 0.6 is 0 Å². The number of nitrogens with two attached hydrogens (primary N) is 1. The molecule has 15 heavy (non-hydrogen) atoms. The molecule has 0 spiro atoms. The van der Waals surface area contributed by atoms with E-state index in [1.54, 1.807) is 0 Å². The zero-order valence-electron chi connectivity index (χ0n) is 8.52. The van der Waals surface area contributed by atoms with Gasteiger partial charge in [-0.3, -0.25) is 0 Å². The molecule has 90 valence electrons. The van der Waals surface area contributed by atoms with Crippen LogP contribution in [0.15, 0.2) is 0 Å². The summed E-state index contributed by atoms with van der Waals surface area (Å²) in [7, 11) is 0. The third-order valence-corrected chi connectivity index (χ3v) is 2.47. The highest BCUT2D eigenvalue weighted by Gasteiger charge is 2.26. The van der Waals surface area contributed by atoms with Crippen molar-refractivity contribution in [3.63, 3.8) is 0 Å². The Morgan fingerprint density at radius 2 is 2.07 bits per heavy atom. The summed E-state index contributed by atoms with van der Waals surface area (Å²) >= 11 is 0. The van der Waals surface area contributed by atoms with E-state index in [1.807, 2.05) is 0 Å². The van der Waals surface area contributed by atoms with E-state index in [0.717, 1.165) is 0 Å². The summed E-state index contributed by atoms with van der Waals surface area (Å²) in [6.45, 7) is 2.17. The first-order valence-electron chi connectivity index (χ1n) is 5.10. The van der Waals surface area contributed by atoms with Gasteiger partial charge in [-0.15, -0.1) is 0 Å². The molecule has 0 aromatic heterocycles. The molecular formula is C9H17F3N2O. The van der Waals surface area contributed by atoms with Gasteiger partial charge in [0.2, 0.25) is 0 Å². The number of nitrogens with one attached hydrogen (secondary N) is 1. The van der Waals surface area contributed by atoms with E-state index in [4.69, 9.17) is 10.5 Å². The number of ether oxygens (including phenoxy) is 1.